The molecule has 0 aliphatic carbocycles. The van der Waals surface area contributed by atoms with E-state index >= 15 is 0 Å². The van der Waals surface area contributed by atoms with E-state index in [0.29, 0.717) is 22.1 Å². The second-order valence-corrected chi connectivity index (χ2v) is 5.65. The van der Waals surface area contributed by atoms with E-state index in [0.717, 1.165) is 0 Å². The predicted octanol–water partition coefficient (Wildman–Crippen LogP) is 2.69. The maximum atomic E-state index is 13.5. The molecule has 0 spiro atoms. The molecule has 0 heterocycles. The van der Waals surface area contributed by atoms with Crippen molar-refractivity contribution in [3.63, 3.8) is 0 Å². The van der Waals surface area contributed by atoms with E-state index in [4.69, 9.17) is 16.7 Å². The minimum atomic E-state index is -1.08. The molecule has 110 valence electrons. The third-order valence-corrected chi connectivity index (χ3v) is 3.91. The molecule has 0 fully saturated rings. The molecule has 2 N–H and O–H groups in total. The summed E-state index contributed by atoms with van der Waals surface area (Å²) in [5.41, 5.74) is 0.408. The highest BCUT2D eigenvalue weighted by Crippen LogP contribution is 2.24. The summed E-state index contributed by atoms with van der Waals surface area (Å²) in [4.78, 5) is 21.8. The van der Waals surface area contributed by atoms with Crippen molar-refractivity contribution in [2.24, 2.45) is 0 Å². The fourth-order valence-electron chi connectivity index (χ4n) is 1.55. The maximum absolute atomic E-state index is 13.5. The van der Waals surface area contributed by atoms with Crippen molar-refractivity contribution in [2.45, 2.75) is 25.1 Å². The Morgan fingerprint density at radius 2 is 2.20 bits per heavy atom. The first-order valence-corrected chi connectivity index (χ1v) is 7.45. The summed E-state index contributed by atoms with van der Waals surface area (Å²) >= 11 is 7.25. The van der Waals surface area contributed by atoms with E-state index in [1.807, 2.05) is 0 Å². The van der Waals surface area contributed by atoms with Crippen molar-refractivity contribution in [3.05, 3.63) is 34.6 Å². The SMILES string of the molecule is CC(=O)NC(CCSCc1c(F)cccc1Cl)C(=O)O. The van der Waals surface area contributed by atoms with Crippen LogP contribution < -0.4 is 5.32 Å². The standard InChI is InChI=1S/C13H15ClFNO3S/c1-8(17)16-12(13(18)19)5-6-20-7-9-10(14)3-2-4-11(9)15/h2-4,12H,5-7H2,1H3,(H,16,17)(H,18,19). The largest absolute Gasteiger partial charge is 0.480 e. The molecule has 1 aromatic rings. The molecular formula is C13H15ClFNO3S. The fraction of sp³-hybridized carbons (Fsp3) is 0.385. The number of aliphatic carboxylic acids is 1. The van der Waals surface area contributed by atoms with Crippen molar-refractivity contribution in [2.75, 3.05) is 5.75 Å². The summed E-state index contributed by atoms with van der Waals surface area (Å²) in [5.74, 6) is -1.01. The first-order valence-electron chi connectivity index (χ1n) is 5.92. The number of benzene rings is 1. The van der Waals surface area contributed by atoms with E-state index in [9.17, 15) is 14.0 Å². The molecule has 0 saturated heterocycles. The van der Waals surface area contributed by atoms with E-state index in [1.54, 1.807) is 6.07 Å². The Hall–Kier alpha value is -1.27. The zero-order valence-electron chi connectivity index (χ0n) is 10.9. The average Bonchev–Trinajstić information content (AvgIpc) is 2.35. The Morgan fingerprint density at radius 1 is 1.50 bits per heavy atom. The van der Waals surface area contributed by atoms with Crippen LogP contribution in [-0.2, 0) is 15.3 Å². The smallest absolute Gasteiger partial charge is 0.326 e. The summed E-state index contributed by atoms with van der Waals surface area (Å²) < 4.78 is 13.5. The Balaban J connectivity index is 2.44. The number of nitrogens with one attached hydrogen (secondary N) is 1. The molecule has 0 aliphatic heterocycles. The molecular weight excluding hydrogens is 305 g/mol. The van der Waals surface area contributed by atoms with Crippen molar-refractivity contribution < 1.29 is 19.1 Å². The summed E-state index contributed by atoms with van der Waals surface area (Å²) in [5, 5.41) is 11.6. The molecule has 7 heteroatoms. The van der Waals surface area contributed by atoms with Crippen molar-refractivity contribution in [3.8, 4) is 0 Å². The zero-order chi connectivity index (χ0) is 15.1. The molecule has 1 aromatic carbocycles. The Bertz CT molecular complexity index is 478. The van der Waals surface area contributed by atoms with Crippen molar-refractivity contribution >= 4 is 35.2 Å². The number of carbonyl (C=O) groups excluding carboxylic acids is 1. The number of carbonyl (C=O) groups is 2. The number of hydrogen-bond acceptors (Lipinski definition) is 3. The van der Waals surface area contributed by atoms with Crippen LogP contribution in [0.2, 0.25) is 5.02 Å². The van der Waals surface area contributed by atoms with Crippen LogP contribution in [0.5, 0.6) is 0 Å². The predicted molar refractivity (Wildman–Crippen MR) is 77.4 cm³/mol. The molecule has 4 nitrogen and oxygen atoms in total. The van der Waals surface area contributed by atoms with E-state index in [2.05, 4.69) is 5.32 Å². The summed E-state index contributed by atoms with van der Waals surface area (Å²) in [7, 11) is 0. The topological polar surface area (TPSA) is 66.4 Å². The lowest BCUT2D eigenvalue weighted by atomic mass is 10.2. The fourth-order valence-corrected chi connectivity index (χ4v) is 2.90. The van der Waals surface area contributed by atoms with Gasteiger partial charge in [-0.3, -0.25) is 4.79 Å². The second kappa shape index (κ2) is 8.11. The minimum Gasteiger partial charge on any atom is -0.480 e. The lowest BCUT2D eigenvalue weighted by Crippen LogP contribution is -2.39. The lowest BCUT2D eigenvalue weighted by molar-refractivity contribution is -0.141. The molecule has 0 saturated carbocycles. The third kappa shape index (κ3) is 5.38. The summed E-state index contributed by atoms with van der Waals surface area (Å²) in [6, 6.07) is 3.55. The van der Waals surface area contributed by atoms with Crippen LogP contribution in [-0.4, -0.2) is 28.8 Å². The van der Waals surface area contributed by atoms with Crippen molar-refractivity contribution in [1.82, 2.24) is 5.32 Å². The highest BCUT2D eigenvalue weighted by Gasteiger charge is 2.17. The zero-order valence-corrected chi connectivity index (χ0v) is 12.4. The van der Waals surface area contributed by atoms with Gasteiger partial charge in [-0.1, -0.05) is 17.7 Å². The minimum absolute atomic E-state index is 0.269. The Kier molecular flexibility index (Phi) is 6.81. The number of carboxylic acid groups (broad SMARTS) is 1. The lowest BCUT2D eigenvalue weighted by Gasteiger charge is -2.13. The van der Waals surface area contributed by atoms with Crippen molar-refractivity contribution in [1.29, 1.82) is 0 Å². The van der Waals surface area contributed by atoms with Crippen LogP contribution in [0.4, 0.5) is 4.39 Å². The molecule has 1 unspecified atom stereocenters. The molecule has 1 rings (SSSR count). The normalized spacial score (nSPS) is 11.9. The molecule has 0 bridgehead atoms. The van der Waals surface area contributed by atoms with Gasteiger partial charge in [-0.25, -0.2) is 9.18 Å². The number of halogens is 2. The number of thioether (sulfide) groups is 1. The number of hydrogen-bond donors (Lipinski definition) is 2. The first kappa shape index (κ1) is 16.8. The molecule has 1 amide bonds. The molecule has 0 aromatic heterocycles. The van der Waals surface area contributed by atoms with Crippen LogP contribution in [0.3, 0.4) is 0 Å². The molecule has 0 aliphatic rings. The van der Waals surface area contributed by atoms with Crippen LogP contribution in [0.1, 0.15) is 18.9 Å². The van der Waals surface area contributed by atoms with Gasteiger partial charge < -0.3 is 10.4 Å². The molecule has 1 atom stereocenters. The molecule has 20 heavy (non-hydrogen) atoms. The first-order chi connectivity index (χ1) is 9.41. The van der Waals surface area contributed by atoms with Gasteiger partial charge in [0.15, 0.2) is 0 Å². The van der Waals surface area contributed by atoms with E-state index in [-0.39, 0.29) is 18.1 Å². The summed E-state index contributed by atoms with van der Waals surface area (Å²) in [6.45, 7) is 1.27. The second-order valence-electron chi connectivity index (χ2n) is 4.13. The van der Waals surface area contributed by atoms with Crippen LogP contribution >= 0.6 is 23.4 Å². The van der Waals surface area contributed by atoms with E-state index < -0.39 is 12.0 Å². The monoisotopic (exact) mass is 319 g/mol. The van der Waals surface area contributed by atoms with Crippen LogP contribution in [0.25, 0.3) is 0 Å². The van der Waals surface area contributed by atoms with E-state index in [1.165, 1.54) is 30.8 Å². The highest BCUT2D eigenvalue weighted by atomic mass is 35.5. The van der Waals surface area contributed by atoms with Gasteiger partial charge in [0.05, 0.1) is 0 Å². The van der Waals surface area contributed by atoms with Gasteiger partial charge in [0.1, 0.15) is 11.9 Å². The van der Waals surface area contributed by atoms with Crippen LogP contribution in [0, 0.1) is 5.82 Å². The number of carboxylic acids is 1. The van der Waals surface area contributed by atoms with Gasteiger partial charge in [-0.2, -0.15) is 11.8 Å². The number of amides is 1. The molecule has 0 radical (unpaired) electrons. The quantitative estimate of drug-likeness (QED) is 0.758. The van der Waals surface area contributed by atoms with Gasteiger partial charge in [0, 0.05) is 23.3 Å². The van der Waals surface area contributed by atoms with Gasteiger partial charge in [-0.05, 0) is 24.3 Å². The maximum Gasteiger partial charge on any atom is 0.326 e. The van der Waals surface area contributed by atoms with Crippen LogP contribution in [0.15, 0.2) is 18.2 Å². The highest BCUT2D eigenvalue weighted by molar-refractivity contribution is 7.98. The van der Waals surface area contributed by atoms with Gasteiger partial charge in [0.2, 0.25) is 5.91 Å². The average molecular weight is 320 g/mol. The summed E-state index contributed by atoms with van der Waals surface area (Å²) in [6.07, 6.45) is 0.269. The third-order valence-electron chi connectivity index (χ3n) is 2.53. The number of rotatable bonds is 7. The van der Waals surface area contributed by atoms with Gasteiger partial charge in [-0.15, -0.1) is 0 Å². The Labute approximate surface area is 125 Å². The Morgan fingerprint density at radius 3 is 2.75 bits per heavy atom. The van der Waals surface area contributed by atoms with Gasteiger partial charge >= 0.3 is 5.97 Å². The van der Waals surface area contributed by atoms with Gasteiger partial charge in [0.25, 0.3) is 0 Å².